The van der Waals surface area contributed by atoms with Crippen LogP contribution in [0.4, 0.5) is 10.5 Å². The minimum atomic E-state index is -1.02. The van der Waals surface area contributed by atoms with Crippen LogP contribution < -0.4 is 14.8 Å². The van der Waals surface area contributed by atoms with E-state index >= 15 is 0 Å². The molecule has 2 aromatic carbocycles. The van der Waals surface area contributed by atoms with Crippen molar-refractivity contribution in [1.29, 1.82) is 0 Å². The summed E-state index contributed by atoms with van der Waals surface area (Å²) in [6, 6.07) is 10.6. The van der Waals surface area contributed by atoms with Gasteiger partial charge >= 0.3 is 12.0 Å². The molecule has 1 aliphatic rings. The fraction of sp³-hybridized carbons (Fsp3) is 0.227. The van der Waals surface area contributed by atoms with Gasteiger partial charge in [-0.05, 0) is 42.5 Å². The van der Waals surface area contributed by atoms with Crippen LogP contribution >= 0.6 is 0 Å². The number of carboxylic acid groups (broad SMARTS) is 1. The van der Waals surface area contributed by atoms with Crippen LogP contribution in [0.2, 0.25) is 0 Å². The zero-order valence-electron chi connectivity index (χ0n) is 17.1. The maximum atomic E-state index is 13.2. The first kappa shape index (κ1) is 20.3. The van der Waals surface area contributed by atoms with E-state index in [1.54, 1.807) is 49.7 Å². The summed E-state index contributed by atoms with van der Waals surface area (Å²) in [6.07, 6.45) is 2.25. The van der Waals surface area contributed by atoms with Crippen molar-refractivity contribution in [3.63, 3.8) is 0 Å². The Bertz CT molecular complexity index is 1110. The Labute approximate surface area is 178 Å². The molecule has 3 N–H and O–H groups in total. The van der Waals surface area contributed by atoms with Gasteiger partial charge < -0.3 is 29.8 Å². The van der Waals surface area contributed by atoms with E-state index in [4.69, 9.17) is 14.6 Å². The summed E-state index contributed by atoms with van der Waals surface area (Å²) in [5, 5.41) is 11.9. The molecule has 0 saturated heterocycles. The first-order chi connectivity index (χ1) is 15.0. The van der Waals surface area contributed by atoms with E-state index in [0.29, 0.717) is 30.2 Å². The minimum Gasteiger partial charge on any atom is -0.497 e. The molecule has 31 heavy (non-hydrogen) atoms. The molecule has 0 aliphatic carbocycles. The summed E-state index contributed by atoms with van der Waals surface area (Å²) in [4.78, 5) is 33.6. The standard InChI is InChI=1S/C22H22N4O5/c1-30-15-7-8-18(31-2)16(11-15)20-19-17(23-12-24-19)9-10-26(20)22(29)25-14-5-3-13(4-6-14)21(27)28/h3-8,11-12,20H,9-10H2,1-2H3,(H,23,24)(H,25,29)(H,27,28)/t20-/m1/s1. The van der Waals surface area contributed by atoms with Crippen molar-refractivity contribution in [1.82, 2.24) is 14.9 Å². The summed E-state index contributed by atoms with van der Waals surface area (Å²) >= 11 is 0. The van der Waals surface area contributed by atoms with Gasteiger partial charge in [-0.3, -0.25) is 0 Å². The van der Waals surface area contributed by atoms with Crippen molar-refractivity contribution in [3.05, 3.63) is 71.3 Å². The molecule has 1 atom stereocenters. The monoisotopic (exact) mass is 422 g/mol. The highest BCUT2D eigenvalue weighted by molar-refractivity contribution is 5.92. The first-order valence-corrected chi connectivity index (χ1v) is 9.67. The average molecular weight is 422 g/mol. The van der Waals surface area contributed by atoms with Crippen molar-refractivity contribution in [2.45, 2.75) is 12.5 Å². The third-order valence-corrected chi connectivity index (χ3v) is 5.30. The highest BCUT2D eigenvalue weighted by Crippen LogP contribution is 2.39. The zero-order valence-corrected chi connectivity index (χ0v) is 17.1. The van der Waals surface area contributed by atoms with Gasteiger partial charge in [-0.2, -0.15) is 0 Å². The number of carbonyl (C=O) groups excluding carboxylic acids is 1. The number of carboxylic acids is 1. The quantitative estimate of drug-likeness (QED) is 0.581. The van der Waals surface area contributed by atoms with Gasteiger partial charge in [0.05, 0.1) is 31.8 Å². The number of ether oxygens (including phenoxy) is 2. The molecule has 0 fully saturated rings. The number of aromatic amines is 1. The van der Waals surface area contributed by atoms with Crippen LogP contribution in [0.1, 0.15) is 33.4 Å². The number of hydrogen-bond acceptors (Lipinski definition) is 5. The van der Waals surface area contributed by atoms with Gasteiger partial charge in [0.1, 0.15) is 17.5 Å². The topological polar surface area (TPSA) is 117 Å². The van der Waals surface area contributed by atoms with Crippen molar-refractivity contribution < 1.29 is 24.2 Å². The van der Waals surface area contributed by atoms with E-state index in [1.165, 1.54) is 12.1 Å². The molecule has 2 amide bonds. The van der Waals surface area contributed by atoms with Crippen molar-refractivity contribution >= 4 is 17.7 Å². The molecule has 0 bridgehead atoms. The Balaban J connectivity index is 1.69. The second kappa shape index (κ2) is 8.39. The predicted molar refractivity (Wildman–Crippen MR) is 113 cm³/mol. The van der Waals surface area contributed by atoms with Crippen LogP contribution in [-0.2, 0) is 6.42 Å². The van der Waals surface area contributed by atoms with E-state index in [2.05, 4.69) is 15.3 Å². The third kappa shape index (κ3) is 3.89. The highest BCUT2D eigenvalue weighted by atomic mass is 16.5. The number of methoxy groups -OCH3 is 2. The molecule has 2 heterocycles. The Morgan fingerprint density at radius 1 is 1.16 bits per heavy atom. The Hall–Kier alpha value is -4.01. The van der Waals surface area contributed by atoms with Crippen molar-refractivity contribution in [2.24, 2.45) is 0 Å². The number of urea groups is 1. The van der Waals surface area contributed by atoms with Gasteiger partial charge in [-0.1, -0.05) is 0 Å². The number of H-pyrrole nitrogens is 1. The van der Waals surface area contributed by atoms with Crippen LogP contribution in [0.5, 0.6) is 11.5 Å². The zero-order chi connectivity index (χ0) is 22.0. The molecule has 160 valence electrons. The summed E-state index contributed by atoms with van der Waals surface area (Å²) in [7, 11) is 3.16. The summed E-state index contributed by atoms with van der Waals surface area (Å²) in [6.45, 7) is 0.458. The van der Waals surface area contributed by atoms with E-state index in [-0.39, 0.29) is 11.6 Å². The van der Waals surface area contributed by atoms with Crippen molar-refractivity contribution in [2.75, 3.05) is 26.1 Å². The number of aromatic nitrogens is 2. The van der Waals surface area contributed by atoms with Gasteiger partial charge in [-0.25, -0.2) is 14.6 Å². The number of nitrogens with one attached hydrogen (secondary N) is 2. The molecular weight excluding hydrogens is 400 g/mol. The number of rotatable bonds is 5. The van der Waals surface area contributed by atoms with Gasteiger partial charge in [0.2, 0.25) is 0 Å². The molecule has 1 aromatic heterocycles. The lowest BCUT2D eigenvalue weighted by atomic mass is 9.95. The second-order valence-electron chi connectivity index (χ2n) is 7.03. The molecule has 1 aliphatic heterocycles. The number of nitrogens with zero attached hydrogens (tertiary/aromatic N) is 2. The fourth-order valence-corrected chi connectivity index (χ4v) is 3.75. The van der Waals surface area contributed by atoms with Crippen LogP contribution in [-0.4, -0.2) is 52.7 Å². The average Bonchev–Trinajstić information content (AvgIpc) is 3.27. The smallest absolute Gasteiger partial charge is 0.335 e. The molecule has 3 aromatic rings. The number of imidazole rings is 1. The van der Waals surface area contributed by atoms with Gasteiger partial charge in [-0.15, -0.1) is 0 Å². The summed E-state index contributed by atoms with van der Waals surface area (Å²) < 4.78 is 10.9. The number of amides is 2. The SMILES string of the molecule is COc1ccc(OC)c([C@@H]2c3nc[nH]c3CCN2C(=O)Nc2ccc(C(=O)O)cc2)c1. The second-order valence-corrected chi connectivity index (χ2v) is 7.03. The Kier molecular flexibility index (Phi) is 5.48. The van der Waals surface area contributed by atoms with E-state index in [0.717, 1.165) is 17.0 Å². The maximum Gasteiger partial charge on any atom is 0.335 e. The predicted octanol–water partition coefficient (Wildman–Crippen LogP) is 3.30. The number of anilines is 1. The largest absolute Gasteiger partial charge is 0.497 e. The fourth-order valence-electron chi connectivity index (χ4n) is 3.75. The van der Waals surface area contributed by atoms with E-state index in [9.17, 15) is 9.59 Å². The van der Waals surface area contributed by atoms with Crippen LogP contribution in [0, 0.1) is 0 Å². The highest BCUT2D eigenvalue weighted by Gasteiger charge is 2.36. The summed E-state index contributed by atoms with van der Waals surface area (Å²) in [5.41, 5.74) is 3.11. The van der Waals surface area contributed by atoms with Gasteiger partial charge in [0.15, 0.2) is 0 Å². The molecule has 0 unspecified atom stereocenters. The normalized spacial score (nSPS) is 15.2. The van der Waals surface area contributed by atoms with E-state index < -0.39 is 12.0 Å². The van der Waals surface area contributed by atoms with E-state index in [1.807, 2.05) is 6.07 Å². The lowest BCUT2D eigenvalue weighted by Crippen LogP contribution is -2.43. The molecule has 9 heteroatoms. The molecule has 0 saturated carbocycles. The lowest BCUT2D eigenvalue weighted by Gasteiger charge is -2.35. The number of carbonyl (C=O) groups is 2. The Morgan fingerprint density at radius 3 is 2.61 bits per heavy atom. The van der Waals surface area contributed by atoms with Crippen LogP contribution in [0.15, 0.2) is 48.8 Å². The molecule has 0 radical (unpaired) electrons. The molecular formula is C22H22N4O5. The maximum absolute atomic E-state index is 13.2. The lowest BCUT2D eigenvalue weighted by molar-refractivity contribution is 0.0697. The number of aromatic carboxylic acids is 1. The molecule has 9 nitrogen and oxygen atoms in total. The third-order valence-electron chi connectivity index (χ3n) is 5.30. The van der Waals surface area contributed by atoms with Crippen LogP contribution in [0.3, 0.4) is 0 Å². The van der Waals surface area contributed by atoms with Gasteiger partial charge in [0.25, 0.3) is 0 Å². The number of benzene rings is 2. The first-order valence-electron chi connectivity index (χ1n) is 9.67. The minimum absolute atomic E-state index is 0.149. The Morgan fingerprint density at radius 2 is 1.94 bits per heavy atom. The molecule has 0 spiro atoms. The summed E-state index contributed by atoms with van der Waals surface area (Å²) in [5.74, 6) is 0.235. The number of hydrogen-bond donors (Lipinski definition) is 3. The number of fused-ring (bicyclic) bond motifs is 1. The van der Waals surface area contributed by atoms with Gasteiger partial charge in [0, 0.05) is 29.9 Å². The van der Waals surface area contributed by atoms with Crippen molar-refractivity contribution in [3.8, 4) is 11.5 Å². The van der Waals surface area contributed by atoms with Crippen LogP contribution in [0.25, 0.3) is 0 Å². The molecule has 4 rings (SSSR count).